The van der Waals surface area contributed by atoms with Gasteiger partial charge in [-0.1, -0.05) is 11.3 Å². The third-order valence-electron chi connectivity index (χ3n) is 4.43. The number of hydrogen-bond acceptors (Lipinski definition) is 7. The summed E-state index contributed by atoms with van der Waals surface area (Å²) >= 11 is 1.36. The van der Waals surface area contributed by atoms with Gasteiger partial charge in [-0.05, 0) is 49.7 Å². The van der Waals surface area contributed by atoms with Crippen molar-refractivity contribution in [2.75, 3.05) is 12.4 Å². The van der Waals surface area contributed by atoms with Crippen LogP contribution >= 0.6 is 11.3 Å². The van der Waals surface area contributed by atoms with Gasteiger partial charge in [0, 0.05) is 17.5 Å². The van der Waals surface area contributed by atoms with Gasteiger partial charge in [-0.2, -0.15) is 0 Å². The van der Waals surface area contributed by atoms with Crippen LogP contribution in [0.4, 0.5) is 5.13 Å². The van der Waals surface area contributed by atoms with Gasteiger partial charge in [0.25, 0.3) is 5.91 Å². The largest absolute Gasteiger partial charge is 0.497 e. The first-order valence-corrected chi connectivity index (χ1v) is 9.71. The second-order valence-electron chi connectivity index (χ2n) is 6.51. The van der Waals surface area contributed by atoms with Gasteiger partial charge < -0.3 is 13.9 Å². The van der Waals surface area contributed by atoms with E-state index in [1.54, 1.807) is 32.2 Å². The van der Waals surface area contributed by atoms with Crippen LogP contribution in [0, 0.1) is 6.92 Å². The van der Waals surface area contributed by atoms with E-state index in [1.807, 2.05) is 25.1 Å². The summed E-state index contributed by atoms with van der Waals surface area (Å²) in [6.07, 6.45) is -0.773. The minimum absolute atomic E-state index is 0.332. The number of nitrogens with zero attached hydrogens (tertiary/aromatic N) is 1. The molecular formula is C21H18N2O5S. The summed E-state index contributed by atoms with van der Waals surface area (Å²) in [4.78, 5) is 28.5. The van der Waals surface area contributed by atoms with Crippen LogP contribution in [0.3, 0.4) is 0 Å². The fourth-order valence-corrected chi connectivity index (χ4v) is 3.83. The molecule has 0 aliphatic heterocycles. The summed E-state index contributed by atoms with van der Waals surface area (Å²) < 4.78 is 17.1. The Morgan fingerprint density at radius 3 is 2.76 bits per heavy atom. The van der Waals surface area contributed by atoms with E-state index >= 15 is 0 Å². The highest BCUT2D eigenvalue weighted by molar-refractivity contribution is 7.22. The molecule has 4 aromatic rings. The molecule has 1 unspecified atom stereocenters. The first-order valence-electron chi connectivity index (χ1n) is 8.89. The van der Waals surface area contributed by atoms with Gasteiger partial charge in [-0.25, -0.2) is 9.78 Å². The summed E-state index contributed by atoms with van der Waals surface area (Å²) in [5.41, 5.74) is 1.59. The zero-order valence-corrected chi connectivity index (χ0v) is 16.8. The van der Waals surface area contributed by atoms with E-state index in [1.165, 1.54) is 17.4 Å². The molecule has 0 saturated heterocycles. The normalized spacial score (nSPS) is 12.1. The van der Waals surface area contributed by atoms with Gasteiger partial charge in [-0.15, -0.1) is 0 Å². The molecule has 29 heavy (non-hydrogen) atoms. The number of rotatable bonds is 5. The molecule has 4 rings (SSSR count). The Morgan fingerprint density at radius 1 is 1.17 bits per heavy atom. The molecule has 8 heteroatoms. The van der Waals surface area contributed by atoms with Crippen molar-refractivity contribution in [1.82, 2.24) is 4.98 Å². The van der Waals surface area contributed by atoms with Gasteiger partial charge in [0.05, 0.1) is 17.3 Å². The molecular weight excluding hydrogens is 392 g/mol. The zero-order chi connectivity index (χ0) is 20.5. The maximum atomic E-state index is 12.5. The predicted molar refractivity (Wildman–Crippen MR) is 112 cm³/mol. The standard InChI is InChI=1S/C21H18N2O5S/c1-11-8-19(24)28-17-9-14(4-6-15(11)17)27-12(2)20(25)23-21-22-16-7-5-13(26-3)10-18(16)29-21/h4-10,12H,1-3H3,(H,22,23,25). The smallest absolute Gasteiger partial charge is 0.336 e. The van der Waals surface area contributed by atoms with E-state index < -0.39 is 11.7 Å². The molecule has 0 bridgehead atoms. The molecule has 0 radical (unpaired) electrons. The van der Waals surface area contributed by atoms with Crippen LogP contribution in [0.15, 0.2) is 51.7 Å². The minimum atomic E-state index is -0.773. The first kappa shape index (κ1) is 18.9. The highest BCUT2D eigenvalue weighted by Crippen LogP contribution is 2.29. The molecule has 1 amide bonds. The molecule has 7 nitrogen and oxygen atoms in total. The van der Waals surface area contributed by atoms with Crippen LogP contribution in [0.5, 0.6) is 11.5 Å². The topological polar surface area (TPSA) is 90.7 Å². The Hall–Kier alpha value is -3.39. The maximum Gasteiger partial charge on any atom is 0.336 e. The van der Waals surface area contributed by atoms with E-state index in [9.17, 15) is 9.59 Å². The number of aryl methyl sites for hydroxylation is 1. The molecule has 2 aromatic carbocycles. The van der Waals surface area contributed by atoms with Crippen LogP contribution in [-0.2, 0) is 4.79 Å². The van der Waals surface area contributed by atoms with Crippen LogP contribution in [0.25, 0.3) is 21.2 Å². The van der Waals surface area contributed by atoms with Crippen LogP contribution in [0.1, 0.15) is 12.5 Å². The average Bonchev–Trinajstić information content (AvgIpc) is 3.08. The molecule has 0 saturated carbocycles. The number of benzene rings is 2. The fourth-order valence-electron chi connectivity index (χ4n) is 2.93. The Morgan fingerprint density at radius 2 is 1.97 bits per heavy atom. The molecule has 148 valence electrons. The lowest BCUT2D eigenvalue weighted by molar-refractivity contribution is -0.122. The number of nitrogens with one attached hydrogen (secondary N) is 1. The molecule has 0 aliphatic carbocycles. The van der Waals surface area contributed by atoms with Crippen LogP contribution in [-0.4, -0.2) is 24.1 Å². The number of hydrogen-bond donors (Lipinski definition) is 1. The van der Waals surface area contributed by atoms with Crippen LogP contribution < -0.4 is 20.4 Å². The monoisotopic (exact) mass is 410 g/mol. The summed E-state index contributed by atoms with van der Waals surface area (Å²) in [6, 6.07) is 12.1. The third-order valence-corrected chi connectivity index (χ3v) is 5.36. The van der Waals surface area contributed by atoms with E-state index in [2.05, 4.69) is 10.3 Å². The van der Waals surface area contributed by atoms with Crippen LogP contribution in [0.2, 0.25) is 0 Å². The fraction of sp³-hybridized carbons (Fsp3) is 0.190. The van der Waals surface area contributed by atoms with Gasteiger partial charge in [0.1, 0.15) is 17.1 Å². The lowest BCUT2D eigenvalue weighted by Gasteiger charge is -2.14. The molecule has 2 aromatic heterocycles. The van der Waals surface area contributed by atoms with Crippen molar-refractivity contribution >= 4 is 43.6 Å². The van der Waals surface area contributed by atoms with Gasteiger partial charge >= 0.3 is 5.63 Å². The molecule has 0 aliphatic rings. The number of thiazole rings is 1. The predicted octanol–water partition coefficient (Wildman–Crippen LogP) is 4.13. The molecule has 0 fully saturated rings. The van der Waals surface area contributed by atoms with Crippen molar-refractivity contribution in [2.45, 2.75) is 20.0 Å². The number of carbonyl (C=O) groups excluding carboxylic acids is 1. The Balaban J connectivity index is 1.49. The summed E-state index contributed by atoms with van der Waals surface area (Å²) in [5.74, 6) is 0.832. The summed E-state index contributed by atoms with van der Waals surface area (Å²) in [7, 11) is 1.60. The maximum absolute atomic E-state index is 12.5. The lowest BCUT2D eigenvalue weighted by atomic mass is 10.1. The quantitative estimate of drug-likeness (QED) is 0.498. The van der Waals surface area contributed by atoms with E-state index in [0.717, 1.165) is 26.9 Å². The molecule has 1 atom stereocenters. The molecule has 1 N–H and O–H groups in total. The van der Waals surface area contributed by atoms with Crippen molar-refractivity contribution in [2.24, 2.45) is 0 Å². The third kappa shape index (κ3) is 3.93. The number of amides is 1. The number of ether oxygens (including phenoxy) is 2. The SMILES string of the molecule is COc1ccc2nc(NC(=O)C(C)Oc3ccc4c(C)cc(=O)oc4c3)sc2c1. The van der Waals surface area contributed by atoms with E-state index in [0.29, 0.717) is 16.5 Å². The van der Waals surface area contributed by atoms with Crippen molar-refractivity contribution in [3.63, 3.8) is 0 Å². The van der Waals surface area contributed by atoms with Crippen molar-refractivity contribution < 1.29 is 18.7 Å². The van der Waals surface area contributed by atoms with Gasteiger partial charge in [-0.3, -0.25) is 10.1 Å². The Labute approximate surface area is 169 Å². The number of methoxy groups -OCH3 is 1. The Bertz CT molecular complexity index is 1280. The minimum Gasteiger partial charge on any atom is -0.497 e. The zero-order valence-electron chi connectivity index (χ0n) is 16.0. The van der Waals surface area contributed by atoms with Gasteiger partial charge in [0.15, 0.2) is 11.2 Å². The summed E-state index contributed by atoms with van der Waals surface area (Å²) in [5, 5.41) is 4.07. The Kier molecular flexibility index (Phi) is 4.94. The highest BCUT2D eigenvalue weighted by atomic mass is 32.1. The molecule has 0 spiro atoms. The van der Waals surface area contributed by atoms with E-state index in [4.69, 9.17) is 13.9 Å². The number of carbonyl (C=O) groups is 1. The number of fused-ring (bicyclic) bond motifs is 2. The second-order valence-corrected chi connectivity index (χ2v) is 7.54. The second kappa shape index (κ2) is 7.56. The number of aromatic nitrogens is 1. The number of anilines is 1. The van der Waals surface area contributed by atoms with Gasteiger partial charge in [0.2, 0.25) is 0 Å². The van der Waals surface area contributed by atoms with Crippen molar-refractivity contribution in [1.29, 1.82) is 0 Å². The highest BCUT2D eigenvalue weighted by Gasteiger charge is 2.17. The lowest BCUT2D eigenvalue weighted by Crippen LogP contribution is -2.30. The van der Waals surface area contributed by atoms with Crippen molar-refractivity contribution in [3.05, 3.63) is 58.4 Å². The van der Waals surface area contributed by atoms with Crippen molar-refractivity contribution in [3.8, 4) is 11.5 Å². The van der Waals surface area contributed by atoms with E-state index in [-0.39, 0.29) is 5.91 Å². The first-order chi connectivity index (χ1) is 13.9. The summed E-state index contributed by atoms with van der Waals surface area (Å²) in [6.45, 7) is 3.48. The molecule has 2 heterocycles. The average molecular weight is 410 g/mol.